The highest BCUT2D eigenvalue weighted by Crippen LogP contribution is 2.15. The van der Waals surface area contributed by atoms with Crippen LogP contribution in [0.15, 0.2) is 30.5 Å². The van der Waals surface area contributed by atoms with E-state index < -0.39 is 5.97 Å². The number of aliphatic carboxylic acids is 1. The summed E-state index contributed by atoms with van der Waals surface area (Å²) in [5, 5.41) is 9.78. The van der Waals surface area contributed by atoms with Crippen molar-refractivity contribution in [1.82, 2.24) is 4.98 Å². The average molecular weight is 360 g/mol. The van der Waals surface area contributed by atoms with Crippen LogP contribution in [0.2, 0.25) is 0 Å². The van der Waals surface area contributed by atoms with Crippen LogP contribution in [0.25, 0.3) is 10.9 Å². The summed E-state index contributed by atoms with van der Waals surface area (Å²) in [6.45, 7) is 4.36. The first-order chi connectivity index (χ1) is 12.6. The number of aromatic nitrogens is 1. The van der Waals surface area contributed by atoms with Crippen LogP contribution >= 0.6 is 0 Å². The molecule has 0 atom stereocenters. The first-order valence-electron chi connectivity index (χ1n) is 10.4. The molecule has 0 saturated carbocycles. The number of carboxylic acids is 1. The van der Waals surface area contributed by atoms with Gasteiger partial charge in [-0.15, -0.1) is 0 Å². The Kier molecular flexibility index (Phi) is 12.3. The molecule has 3 nitrogen and oxygen atoms in total. The topological polar surface area (TPSA) is 53.1 Å². The Morgan fingerprint density at radius 1 is 0.885 bits per heavy atom. The Labute approximate surface area is 159 Å². The van der Waals surface area contributed by atoms with Crippen LogP contribution in [0.3, 0.4) is 0 Å². The zero-order valence-electron chi connectivity index (χ0n) is 16.7. The lowest BCUT2D eigenvalue weighted by molar-refractivity contribution is -0.137. The fourth-order valence-corrected chi connectivity index (χ4v) is 3.16. The molecule has 2 rings (SSSR count). The number of rotatable bonds is 12. The van der Waals surface area contributed by atoms with Crippen LogP contribution in [0.1, 0.15) is 89.5 Å². The van der Waals surface area contributed by atoms with Crippen molar-refractivity contribution < 1.29 is 9.90 Å². The summed E-state index contributed by atoms with van der Waals surface area (Å²) in [5.41, 5.74) is 2.54. The molecule has 146 valence electrons. The van der Waals surface area contributed by atoms with E-state index in [0.717, 1.165) is 12.8 Å². The summed E-state index contributed by atoms with van der Waals surface area (Å²) in [6.07, 6.45) is 16.4. The Morgan fingerprint density at radius 3 is 1.96 bits per heavy atom. The standard InChI is InChI=1S/C14H28O2.C9H9N/c1-2-3-4-5-6-7-8-9-10-11-12-13-14(15)16;1-7-6-10-9-5-3-2-4-8(7)9/h2-13H2,1H3,(H,15,16);2-6,10H,1H3. The number of nitrogens with one attached hydrogen (secondary N) is 1. The number of fused-ring (bicyclic) bond motifs is 1. The van der Waals surface area contributed by atoms with E-state index in [2.05, 4.69) is 37.0 Å². The van der Waals surface area contributed by atoms with Crippen LogP contribution < -0.4 is 0 Å². The maximum atomic E-state index is 10.3. The van der Waals surface area contributed by atoms with Gasteiger partial charge in [-0.25, -0.2) is 0 Å². The number of hydrogen-bond donors (Lipinski definition) is 2. The largest absolute Gasteiger partial charge is 0.481 e. The molecular weight excluding hydrogens is 322 g/mol. The van der Waals surface area contributed by atoms with Crippen LogP contribution in [-0.2, 0) is 4.79 Å². The normalized spacial score (nSPS) is 10.5. The van der Waals surface area contributed by atoms with Gasteiger partial charge in [0.25, 0.3) is 0 Å². The Balaban J connectivity index is 0.000000284. The van der Waals surface area contributed by atoms with Gasteiger partial charge in [-0.1, -0.05) is 89.3 Å². The monoisotopic (exact) mass is 359 g/mol. The molecule has 0 spiro atoms. The summed E-state index contributed by atoms with van der Waals surface area (Å²) < 4.78 is 0. The quantitative estimate of drug-likeness (QED) is 0.392. The van der Waals surface area contributed by atoms with Gasteiger partial charge in [0.2, 0.25) is 0 Å². The van der Waals surface area contributed by atoms with Crippen molar-refractivity contribution in [3.8, 4) is 0 Å². The predicted octanol–water partition coefficient (Wildman–Crippen LogP) is 7.25. The summed E-state index contributed by atoms with van der Waals surface area (Å²) in [4.78, 5) is 13.4. The molecule has 26 heavy (non-hydrogen) atoms. The first kappa shape index (κ1) is 22.3. The van der Waals surface area contributed by atoms with Gasteiger partial charge in [0.05, 0.1) is 0 Å². The Morgan fingerprint density at radius 2 is 1.42 bits per heavy atom. The van der Waals surface area contributed by atoms with Gasteiger partial charge in [-0.05, 0) is 25.0 Å². The SMILES string of the molecule is CCCCCCCCCCCCCC(=O)O.Cc1c[nH]c2ccccc12. The van der Waals surface area contributed by atoms with Crippen LogP contribution in [0.5, 0.6) is 0 Å². The number of carboxylic acid groups (broad SMARTS) is 1. The molecule has 2 aromatic rings. The van der Waals surface area contributed by atoms with Gasteiger partial charge in [0.1, 0.15) is 0 Å². The third-order valence-corrected chi connectivity index (χ3v) is 4.79. The van der Waals surface area contributed by atoms with Crippen molar-refractivity contribution in [3.05, 3.63) is 36.0 Å². The second-order valence-electron chi connectivity index (χ2n) is 7.20. The molecule has 0 fully saturated rings. The van der Waals surface area contributed by atoms with Crippen molar-refractivity contribution in [2.75, 3.05) is 0 Å². The van der Waals surface area contributed by atoms with E-state index >= 15 is 0 Å². The summed E-state index contributed by atoms with van der Waals surface area (Å²) in [5.74, 6) is -0.657. The molecule has 0 amide bonds. The molecule has 0 saturated heterocycles. The highest BCUT2D eigenvalue weighted by atomic mass is 16.4. The van der Waals surface area contributed by atoms with Crippen molar-refractivity contribution in [3.63, 3.8) is 0 Å². The van der Waals surface area contributed by atoms with E-state index in [4.69, 9.17) is 5.11 Å². The predicted molar refractivity (Wildman–Crippen MR) is 112 cm³/mol. The van der Waals surface area contributed by atoms with E-state index in [-0.39, 0.29) is 0 Å². The summed E-state index contributed by atoms with van der Waals surface area (Å²) >= 11 is 0. The molecule has 2 N–H and O–H groups in total. The summed E-state index contributed by atoms with van der Waals surface area (Å²) in [6, 6.07) is 8.31. The van der Waals surface area contributed by atoms with Gasteiger partial charge in [-0.3, -0.25) is 4.79 Å². The van der Waals surface area contributed by atoms with Crippen molar-refractivity contribution in [2.24, 2.45) is 0 Å². The second kappa shape index (κ2) is 14.4. The smallest absolute Gasteiger partial charge is 0.303 e. The molecule has 1 aromatic heterocycles. The summed E-state index contributed by atoms with van der Waals surface area (Å²) in [7, 11) is 0. The van der Waals surface area contributed by atoms with Crippen molar-refractivity contribution in [2.45, 2.75) is 90.9 Å². The van der Waals surface area contributed by atoms with Crippen molar-refractivity contribution >= 4 is 16.9 Å². The molecule has 3 heteroatoms. The van der Waals surface area contributed by atoms with E-state index in [9.17, 15) is 4.79 Å². The average Bonchev–Trinajstić information content (AvgIpc) is 3.01. The van der Waals surface area contributed by atoms with Gasteiger partial charge in [0, 0.05) is 23.5 Å². The minimum absolute atomic E-state index is 0.344. The molecule has 0 aliphatic carbocycles. The number of aryl methyl sites for hydroxylation is 1. The zero-order valence-corrected chi connectivity index (χ0v) is 16.7. The lowest BCUT2D eigenvalue weighted by Crippen LogP contribution is -1.93. The molecule has 0 bridgehead atoms. The van der Waals surface area contributed by atoms with E-state index in [1.54, 1.807) is 0 Å². The van der Waals surface area contributed by atoms with Crippen molar-refractivity contribution in [1.29, 1.82) is 0 Å². The van der Waals surface area contributed by atoms with Crippen LogP contribution in [0.4, 0.5) is 0 Å². The number of unbranched alkanes of at least 4 members (excludes halogenated alkanes) is 10. The maximum absolute atomic E-state index is 10.3. The molecule has 0 aliphatic heterocycles. The van der Waals surface area contributed by atoms with Gasteiger partial charge in [0.15, 0.2) is 0 Å². The van der Waals surface area contributed by atoms with E-state index in [1.807, 2.05) is 12.3 Å². The highest BCUT2D eigenvalue weighted by Gasteiger charge is 1.96. The fourth-order valence-electron chi connectivity index (χ4n) is 3.16. The number of hydrogen-bond acceptors (Lipinski definition) is 1. The lowest BCUT2D eigenvalue weighted by Gasteiger charge is -2.01. The molecular formula is C23H37NO2. The zero-order chi connectivity index (χ0) is 19.0. The third kappa shape index (κ3) is 10.3. The van der Waals surface area contributed by atoms with Crippen LogP contribution in [-0.4, -0.2) is 16.1 Å². The number of benzene rings is 1. The highest BCUT2D eigenvalue weighted by molar-refractivity contribution is 5.82. The van der Waals surface area contributed by atoms with Gasteiger partial charge >= 0.3 is 5.97 Å². The van der Waals surface area contributed by atoms with Gasteiger partial charge in [-0.2, -0.15) is 0 Å². The number of para-hydroxylation sites is 1. The molecule has 0 aliphatic rings. The van der Waals surface area contributed by atoms with Gasteiger partial charge < -0.3 is 10.1 Å². The fraction of sp³-hybridized carbons (Fsp3) is 0.609. The van der Waals surface area contributed by atoms with E-state index in [0.29, 0.717) is 6.42 Å². The number of carbonyl (C=O) groups is 1. The van der Waals surface area contributed by atoms with E-state index in [1.165, 1.54) is 74.3 Å². The minimum Gasteiger partial charge on any atom is -0.481 e. The lowest BCUT2D eigenvalue weighted by atomic mass is 10.1. The third-order valence-electron chi connectivity index (χ3n) is 4.79. The Hall–Kier alpha value is -1.77. The maximum Gasteiger partial charge on any atom is 0.303 e. The molecule has 0 radical (unpaired) electrons. The number of aromatic amines is 1. The molecule has 0 unspecified atom stereocenters. The molecule has 1 aromatic carbocycles. The molecule has 1 heterocycles. The second-order valence-corrected chi connectivity index (χ2v) is 7.20. The minimum atomic E-state index is -0.657. The Bertz CT molecular complexity index is 603. The van der Waals surface area contributed by atoms with Crippen LogP contribution in [0, 0.1) is 6.92 Å². The first-order valence-corrected chi connectivity index (χ1v) is 10.4. The number of H-pyrrole nitrogens is 1.